The van der Waals surface area contributed by atoms with E-state index < -0.39 is 0 Å². The average molecular weight is 338 g/mol. The molecule has 25 heavy (non-hydrogen) atoms. The van der Waals surface area contributed by atoms with Gasteiger partial charge in [0.15, 0.2) is 0 Å². The molecule has 0 saturated carbocycles. The van der Waals surface area contributed by atoms with Crippen LogP contribution in [-0.4, -0.2) is 23.7 Å². The normalized spacial score (nSPS) is 21.4. The van der Waals surface area contributed by atoms with Crippen molar-refractivity contribution in [2.45, 2.75) is 25.8 Å². The van der Waals surface area contributed by atoms with Crippen molar-refractivity contribution in [2.75, 3.05) is 7.11 Å². The van der Waals surface area contributed by atoms with Gasteiger partial charge in [0.25, 0.3) is 0 Å². The summed E-state index contributed by atoms with van der Waals surface area (Å²) in [6, 6.07) is 12.2. The maximum atomic E-state index is 14.4. The first-order chi connectivity index (χ1) is 12.1. The molecule has 1 amide bonds. The highest BCUT2D eigenvalue weighted by Crippen LogP contribution is 2.44. The molecule has 4 nitrogen and oxygen atoms in total. The van der Waals surface area contributed by atoms with Crippen LogP contribution >= 0.6 is 0 Å². The Kier molecular flexibility index (Phi) is 3.79. The third-order valence-electron chi connectivity index (χ3n) is 5.07. The largest absolute Gasteiger partial charge is 0.497 e. The van der Waals surface area contributed by atoms with Crippen LogP contribution in [0.25, 0.3) is 0 Å². The van der Waals surface area contributed by atoms with Gasteiger partial charge < -0.3 is 4.74 Å². The van der Waals surface area contributed by atoms with E-state index in [1.807, 2.05) is 18.2 Å². The smallest absolute Gasteiger partial charge is 0.240 e. The lowest BCUT2D eigenvalue weighted by molar-refractivity contribution is -0.131. The summed E-state index contributed by atoms with van der Waals surface area (Å²) in [4.78, 5) is 12.2. The molecule has 2 aliphatic rings. The Hall–Kier alpha value is -2.69. The van der Waals surface area contributed by atoms with Crippen molar-refractivity contribution >= 4 is 11.6 Å². The van der Waals surface area contributed by atoms with Gasteiger partial charge >= 0.3 is 0 Å². The third kappa shape index (κ3) is 2.51. The predicted molar refractivity (Wildman–Crippen MR) is 93.0 cm³/mol. The molecule has 1 aliphatic carbocycles. The number of aryl methyl sites for hydroxylation is 1. The van der Waals surface area contributed by atoms with Gasteiger partial charge in [0.1, 0.15) is 11.6 Å². The van der Waals surface area contributed by atoms with Crippen LogP contribution in [0.5, 0.6) is 5.75 Å². The second-order valence-electron chi connectivity index (χ2n) is 6.48. The maximum Gasteiger partial charge on any atom is 0.240 e. The van der Waals surface area contributed by atoms with Crippen LogP contribution in [0, 0.1) is 11.7 Å². The molecule has 1 heterocycles. The fourth-order valence-corrected chi connectivity index (χ4v) is 3.92. The van der Waals surface area contributed by atoms with Gasteiger partial charge in [-0.1, -0.05) is 18.2 Å². The predicted octanol–water partition coefficient (Wildman–Crippen LogP) is 3.70. The Morgan fingerprint density at radius 1 is 1.28 bits per heavy atom. The summed E-state index contributed by atoms with van der Waals surface area (Å²) in [6.45, 7) is 1.48. The van der Waals surface area contributed by atoms with Crippen LogP contribution in [0.2, 0.25) is 0 Å². The van der Waals surface area contributed by atoms with Gasteiger partial charge in [-0.15, -0.1) is 0 Å². The summed E-state index contributed by atoms with van der Waals surface area (Å²) in [5.41, 5.74) is 3.58. The second-order valence-corrected chi connectivity index (χ2v) is 6.48. The van der Waals surface area contributed by atoms with Crippen LogP contribution in [0.1, 0.15) is 36.1 Å². The summed E-state index contributed by atoms with van der Waals surface area (Å²) in [7, 11) is 1.64. The van der Waals surface area contributed by atoms with E-state index in [9.17, 15) is 9.18 Å². The molecule has 0 fully saturated rings. The molecule has 0 unspecified atom stereocenters. The number of carbonyl (C=O) groups excluding carboxylic acids is 1. The van der Waals surface area contributed by atoms with E-state index in [1.165, 1.54) is 18.0 Å². The highest BCUT2D eigenvalue weighted by atomic mass is 19.1. The van der Waals surface area contributed by atoms with Crippen LogP contribution in [0.15, 0.2) is 47.6 Å². The van der Waals surface area contributed by atoms with Gasteiger partial charge in [0.05, 0.1) is 18.9 Å². The molecule has 5 heteroatoms. The van der Waals surface area contributed by atoms with Gasteiger partial charge in [-0.05, 0) is 42.7 Å². The van der Waals surface area contributed by atoms with Gasteiger partial charge in [-0.3, -0.25) is 4.79 Å². The number of fused-ring (bicyclic) bond motifs is 3. The Morgan fingerprint density at radius 3 is 2.80 bits per heavy atom. The number of nitrogens with zero attached hydrogens (tertiary/aromatic N) is 2. The first-order valence-corrected chi connectivity index (χ1v) is 8.40. The van der Waals surface area contributed by atoms with Crippen LogP contribution in [0.4, 0.5) is 4.39 Å². The van der Waals surface area contributed by atoms with Gasteiger partial charge in [0, 0.05) is 24.0 Å². The standard InChI is InChI=1S/C20H19FN2O2/c1-12(24)23-20(16-5-3-4-6-18(16)21)17-9-7-13-11-14(25-2)8-10-15(13)19(17)22-23/h3-6,8,10-11,17,20H,7,9H2,1-2H3/t17-,20-/m1/s1. The topological polar surface area (TPSA) is 41.9 Å². The van der Waals surface area contributed by atoms with E-state index in [1.54, 1.807) is 25.3 Å². The zero-order chi connectivity index (χ0) is 17.6. The maximum absolute atomic E-state index is 14.4. The van der Waals surface area contributed by atoms with Crippen LogP contribution in [0.3, 0.4) is 0 Å². The number of hydrogen-bond acceptors (Lipinski definition) is 3. The van der Waals surface area contributed by atoms with Crippen molar-refractivity contribution < 1.29 is 13.9 Å². The van der Waals surface area contributed by atoms with Gasteiger partial charge in [-0.2, -0.15) is 5.10 Å². The van der Waals surface area contributed by atoms with E-state index >= 15 is 0 Å². The number of benzene rings is 2. The molecule has 0 saturated heterocycles. The lowest BCUT2D eigenvalue weighted by atomic mass is 9.77. The molecule has 0 N–H and O–H groups in total. The molecule has 4 rings (SSSR count). The summed E-state index contributed by atoms with van der Waals surface area (Å²) in [6.07, 6.45) is 1.68. The molecule has 128 valence electrons. The van der Waals surface area contributed by atoms with E-state index in [2.05, 4.69) is 5.10 Å². The summed E-state index contributed by atoms with van der Waals surface area (Å²) >= 11 is 0. The fourth-order valence-electron chi connectivity index (χ4n) is 3.92. The van der Waals surface area contributed by atoms with Crippen molar-refractivity contribution in [3.63, 3.8) is 0 Å². The van der Waals surface area contributed by atoms with Crippen molar-refractivity contribution in [3.8, 4) is 5.75 Å². The van der Waals surface area contributed by atoms with E-state index in [4.69, 9.17) is 4.74 Å². The van der Waals surface area contributed by atoms with Crippen LogP contribution in [-0.2, 0) is 11.2 Å². The number of carbonyl (C=O) groups is 1. The number of hydrogen-bond donors (Lipinski definition) is 0. The SMILES string of the molecule is COc1ccc2c(c1)CC[C@@H]1C2=NN(C(C)=O)[C@@H]1c1ccccc1F. The Balaban J connectivity index is 1.81. The van der Waals surface area contributed by atoms with E-state index in [-0.39, 0.29) is 23.7 Å². The first kappa shape index (κ1) is 15.8. The zero-order valence-corrected chi connectivity index (χ0v) is 14.2. The third-order valence-corrected chi connectivity index (χ3v) is 5.07. The number of amides is 1. The monoisotopic (exact) mass is 338 g/mol. The minimum atomic E-state index is -0.385. The van der Waals surface area contributed by atoms with Crippen molar-refractivity contribution in [1.82, 2.24) is 5.01 Å². The summed E-state index contributed by atoms with van der Waals surface area (Å²) < 4.78 is 19.7. The zero-order valence-electron chi connectivity index (χ0n) is 14.2. The molecule has 0 bridgehead atoms. The molecular formula is C20H19FN2O2. The number of methoxy groups -OCH3 is 1. The van der Waals surface area contributed by atoms with E-state index in [0.29, 0.717) is 5.56 Å². The average Bonchev–Trinajstić information content (AvgIpc) is 3.01. The Morgan fingerprint density at radius 2 is 2.08 bits per heavy atom. The molecule has 2 atom stereocenters. The molecule has 2 aromatic rings. The number of ether oxygens (including phenoxy) is 1. The number of rotatable bonds is 2. The highest BCUT2D eigenvalue weighted by Gasteiger charge is 2.43. The van der Waals surface area contributed by atoms with Crippen molar-refractivity contribution in [1.29, 1.82) is 0 Å². The lowest BCUT2D eigenvalue weighted by Crippen LogP contribution is -2.31. The van der Waals surface area contributed by atoms with Gasteiger partial charge in [-0.25, -0.2) is 9.40 Å². The molecule has 0 radical (unpaired) electrons. The first-order valence-electron chi connectivity index (χ1n) is 8.40. The summed E-state index contributed by atoms with van der Waals surface area (Å²) in [5, 5.41) is 6.04. The number of hydrazone groups is 1. The molecule has 2 aromatic carbocycles. The number of halogens is 1. The molecular weight excluding hydrogens is 319 g/mol. The van der Waals surface area contributed by atoms with Crippen LogP contribution < -0.4 is 4.74 Å². The minimum Gasteiger partial charge on any atom is -0.497 e. The van der Waals surface area contributed by atoms with Crippen molar-refractivity contribution in [3.05, 3.63) is 65.0 Å². The van der Waals surface area contributed by atoms with E-state index in [0.717, 1.165) is 35.4 Å². The molecule has 0 spiro atoms. The Labute approximate surface area is 145 Å². The summed E-state index contributed by atoms with van der Waals surface area (Å²) in [5.74, 6) is 0.340. The molecule has 0 aromatic heterocycles. The fraction of sp³-hybridized carbons (Fsp3) is 0.300. The lowest BCUT2D eigenvalue weighted by Gasteiger charge is -2.29. The highest BCUT2D eigenvalue weighted by molar-refractivity contribution is 6.06. The minimum absolute atomic E-state index is 0.00157. The second kappa shape index (κ2) is 5.99. The molecule has 1 aliphatic heterocycles. The van der Waals surface area contributed by atoms with Gasteiger partial charge in [0.2, 0.25) is 5.91 Å². The Bertz CT molecular complexity index is 878. The quantitative estimate of drug-likeness (QED) is 0.838. The van der Waals surface area contributed by atoms with Crippen molar-refractivity contribution in [2.24, 2.45) is 11.0 Å².